The van der Waals surface area contributed by atoms with Crippen molar-refractivity contribution in [2.24, 2.45) is 5.73 Å². The maximum atomic E-state index is 12.6. The Labute approximate surface area is 139 Å². The standard InChI is InChI=1S/C14H17N3O6S/c1-3-23-13(21)10-7(2)9-11(20)16(4-5-18)14(22)17(6-8(15)19)12(9)24-10/h18H,3-6H2,1-2H3,(H2,15,19). The molecule has 1 amide bonds. The predicted octanol–water partition coefficient (Wildman–Crippen LogP) is -0.813. The highest BCUT2D eigenvalue weighted by Crippen LogP contribution is 2.28. The third-order valence-electron chi connectivity index (χ3n) is 3.39. The van der Waals surface area contributed by atoms with Crippen molar-refractivity contribution < 1.29 is 19.4 Å². The first kappa shape index (κ1) is 17.9. The van der Waals surface area contributed by atoms with Crippen LogP contribution in [0.15, 0.2) is 9.59 Å². The van der Waals surface area contributed by atoms with Crippen molar-refractivity contribution in [1.29, 1.82) is 0 Å². The van der Waals surface area contributed by atoms with E-state index in [0.29, 0.717) is 5.56 Å². The van der Waals surface area contributed by atoms with Gasteiger partial charge in [-0.1, -0.05) is 0 Å². The highest BCUT2D eigenvalue weighted by Gasteiger charge is 2.24. The molecule has 2 heterocycles. The number of rotatable bonds is 6. The number of thiophene rings is 1. The summed E-state index contributed by atoms with van der Waals surface area (Å²) in [5.74, 6) is -1.38. The SMILES string of the molecule is CCOC(=O)c1sc2c(c1C)c(=O)n(CCO)c(=O)n2CC(N)=O. The Balaban J connectivity index is 2.89. The van der Waals surface area contributed by atoms with Gasteiger partial charge in [-0.3, -0.25) is 18.7 Å². The Hall–Kier alpha value is -2.46. The Morgan fingerprint density at radius 2 is 1.96 bits per heavy atom. The van der Waals surface area contributed by atoms with E-state index in [-0.39, 0.29) is 28.2 Å². The number of aryl methyl sites for hydroxylation is 1. The van der Waals surface area contributed by atoms with Gasteiger partial charge in [-0.25, -0.2) is 9.59 Å². The van der Waals surface area contributed by atoms with Crippen LogP contribution >= 0.6 is 11.3 Å². The number of hydrogen-bond donors (Lipinski definition) is 2. The van der Waals surface area contributed by atoms with Crippen molar-refractivity contribution in [3.63, 3.8) is 0 Å². The fourth-order valence-electron chi connectivity index (χ4n) is 2.38. The summed E-state index contributed by atoms with van der Waals surface area (Å²) in [7, 11) is 0. The second-order valence-electron chi connectivity index (χ2n) is 4.97. The van der Waals surface area contributed by atoms with Gasteiger partial charge in [0, 0.05) is 0 Å². The van der Waals surface area contributed by atoms with Crippen LogP contribution in [-0.2, 0) is 22.6 Å². The first-order valence-electron chi connectivity index (χ1n) is 7.16. The summed E-state index contributed by atoms with van der Waals surface area (Å²) in [5, 5.41) is 9.21. The van der Waals surface area contributed by atoms with Gasteiger partial charge >= 0.3 is 11.7 Å². The number of primary amides is 1. The van der Waals surface area contributed by atoms with Crippen molar-refractivity contribution in [1.82, 2.24) is 9.13 Å². The highest BCUT2D eigenvalue weighted by atomic mass is 32.1. The zero-order chi connectivity index (χ0) is 18.0. The number of hydrogen-bond acceptors (Lipinski definition) is 7. The van der Waals surface area contributed by atoms with Crippen LogP contribution in [0.25, 0.3) is 10.2 Å². The number of aliphatic hydroxyl groups excluding tert-OH is 1. The monoisotopic (exact) mass is 355 g/mol. The molecule has 0 saturated heterocycles. The number of aliphatic hydroxyl groups is 1. The lowest BCUT2D eigenvalue weighted by atomic mass is 10.2. The van der Waals surface area contributed by atoms with Crippen molar-refractivity contribution in [2.45, 2.75) is 26.9 Å². The molecule has 0 aliphatic rings. The molecule has 2 aromatic heterocycles. The molecule has 0 aliphatic carbocycles. The van der Waals surface area contributed by atoms with Crippen molar-refractivity contribution in [3.05, 3.63) is 31.3 Å². The van der Waals surface area contributed by atoms with E-state index in [1.54, 1.807) is 13.8 Å². The van der Waals surface area contributed by atoms with E-state index in [4.69, 9.17) is 15.6 Å². The number of nitrogens with two attached hydrogens (primary N) is 1. The van der Waals surface area contributed by atoms with Gasteiger partial charge in [0.25, 0.3) is 5.56 Å². The summed E-state index contributed by atoms with van der Waals surface area (Å²) >= 11 is 0.900. The molecule has 0 spiro atoms. The molecule has 0 fully saturated rings. The Morgan fingerprint density at radius 3 is 2.50 bits per heavy atom. The van der Waals surface area contributed by atoms with Crippen LogP contribution in [0.3, 0.4) is 0 Å². The fourth-order valence-corrected chi connectivity index (χ4v) is 3.56. The molecule has 130 valence electrons. The molecule has 0 saturated carbocycles. The van der Waals surface area contributed by atoms with Crippen LogP contribution in [0.1, 0.15) is 22.2 Å². The van der Waals surface area contributed by atoms with Crippen LogP contribution in [0.5, 0.6) is 0 Å². The summed E-state index contributed by atoms with van der Waals surface area (Å²) in [6.45, 7) is 2.28. The molecule has 2 rings (SSSR count). The van der Waals surface area contributed by atoms with Gasteiger partial charge in [0.15, 0.2) is 0 Å². The molecule has 0 aromatic carbocycles. The smallest absolute Gasteiger partial charge is 0.348 e. The van der Waals surface area contributed by atoms with Crippen LogP contribution in [0.2, 0.25) is 0 Å². The van der Waals surface area contributed by atoms with Gasteiger partial charge in [-0.15, -0.1) is 11.3 Å². The van der Waals surface area contributed by atoms with Gasteiger partial charge in [-0.05, 0) is 19.4 Å². The lowest BCUT2D eigenvalue weighted by Gasteiger charge is -2.09. The number of aromatic nitrogens is 2. The molecule has 10 heteroatoms. The predicted molar refractivity (Wildman–Crippen MR) is 87.3 cm³/mol. The lowest BCUT2D eigenvalue weighted by Crippen LogP contribution is -2.42. The number of amides is 1. The maximum Gasteiger partial charge on any atom is 0.348 e. The fraction of sp³-hybridized carbons (Fsp3) is 0.429. The Morgan fingerprint density at radius 1 is 1.29 bits per heavy atom. The molecule has 0 bridgehead atoms. The van der Waals surface area contributed by atoms with Gasteiger partial charge in [0.1, 0.15) is 16.3 Å². The van der Waals surface area contributed by atoms with Gasteiger partial charge < -0.3 is 15.6 Å². The molecule has 0 radical (unpaired) electrons. The van der Waals surface area contributed by atoms with E-state index < -0.39 is 36.3 Å². The molecular weight excluding hydrogens is 338 g/mol. The second kappa shape index (κ2) is 6.97. The quantitative estimate of drug-likeness (QED) is 0.651. The number of nitrogens with zero attached hydrogens (tertiary/aromatic N) is 2. The third kappa shape index (κ3) is 2.97. The average Bonchev–Trinajstić information content (AvgIpc) is 2.85. The van der Waals surface area contributed by atoms with Gasteiger partial charge in [0.2, 0.25) is 5.91 Å². The maximum absolute atomic E-state index is 12.6. The van der Waals surface area contributed by atoms with Crippen molar-refractivity contribution >= 4 is 33.4 Å². The largest absolute Gasteiger partial charge is 0.462 e. The molecule has 0 unspecified atom stereocenters. The number of carbonyl (C=O) groups is 2. The molecule has 2 aromatic rings. The molecule has 24 heavy (non-hydrogen) atoms. The highest BCUT2D eigenvalue weighted by molar-refractivity contribution is 7.20. The molecular formula is C14H17N3O6S. The first-order chi connectivity index (χ1) is 11.3. The lowest BCUT2D eigenvalue weighted by molar-refractivity contribution is -0.118. The summed E-state index contributed by atoms with van der Waals surface area (Å²) in [5.41, 5.74) is 4.14. The molecule has 9 nitrogen and oxygen atoms in total. The number of ether oxygens (including phenoxy) is 1. The minimum atomic E-state index is -0.767. The van der Waals surface area contributed by atoms with Gasteiger partial charge in [0.05, 0.1) is 25.1 Å². The summed E-state index contributed by atoms with van der Waals surface area (Å²) < 4.78 is 6.81. The van der Waals surface area contributed by atoms with E-state index in [1.807, 2.05) is 0 Å². The van der Waals surface area contributed by atoms with E-state index in [9.17, 15) is 19.2 Å². The average molecular weight is 355 g/mol. The van der Waals surface area contributed by atoms with Crippen molar-refractivity contribution in [3.8, 4) is 0 Å². The third-order valence-corrected chi connectivity index (χ3v) is 4.69. The van der Waals surface area contributed by atoms with Crippen LogP contribution in [0, 0.1) is 6.92 Å². The van der Waals surface area contributed by atoms with E-state index in [0.717, 1.165) is 20.5 Å². The van der Waals surface area contributed by atoms with Crippen molar-refractivity contribution in [2.75, 3.05) is 13.2 Å². The van der Waals surface area contributed by atoms with Gasteiger partial charge in [-0.2, -0.15) is 0 Å². The zero-order valence-corrected chi connectivity index (χ0v) is 14.0. The topological polar surface area (TPSA) is 134 Å². The molecule has 0 atom stereocenters. The number of fused-ring (bicyclic) bond motifs is 1. The Kier molecular flexibility index (Phi) is 5.20. The van der Waals surface area contributed by atoms with E-state index in [2.05, 4.69) is 0 Å². The summed E-state index contributed by atoms with van der Waals surface area (Å²) in [4.78, 5) is 48.7. The van der Waals surface area contributed by atoms with E-state index >= 15 is 0 Å². The molecule has 0 aliphatic heterocycles. The number of carbonyl (C=O) groups excluding carboxylic acids is 2. The van der Waals surface area contributed by atoms with Crippen LogP contribution in [-0.4, -0.2) is 39.3 Å². The zero-order valence-electron chi connectivity index (χ0n) is 13.2. The van der Waals surface area contributed by atoms with Crippen LogP contribution < -0.4 is 17.0 Å². The molecule has 3 N–H and O–H groups in total. The van der Waals surface area contributed by atoms with E-state index in [1.165, 1.54) is 0 Å². The minimum Gasteiger partial charge on any atom is -0.462 e. The minimum absolute atomic E-state index is 0.136. The normalized spacial score (nSPS) is 11.0. The number of esters is 1. The first-order valence-corrected chi connectivity index (χ1v) is 7.98. The second-order valence-corrected chi connectivity index (χ2v) is 5.97. The summed E-state index contributed by atoms with van der Waals surface area (Å²) in [6, 6.07) is 0. The summed E-state index contributed by atoms with van der Waals surface area (Å²) in [6.07, 6.45) is 0. The Bertz CT molecular complexity index is 923. The van der Waals surface area contributed by atoms with Crippen LogP contribution in [0.4, 0.5) is 0 Å².